The van der Waals surface area contributed by atoms with Crippen LogP contribution in [-0.2, 0) is 12.0 Å². The first-order valence-corrected chi connectivity index (χ1v) is 13.1. The first-order valence-electron chi connectivity index (χ1n) is 13.1. The summed E-state index contributed by atoms with van der Waals surface area (Å²) >= 11 is 0. The lowest BCUT2D eigenvalue weighted by Gasteiger charge is -2.25. The average Bonchev–Trinajstić information content (AvgIpc) is 3.10. The van der Waals surface area contributed by atoms with Crippen molar-refractivity contribution in [1.29, 1.82) is 0 Å². The van der Waals surface area contributed by atoms with Gasteiger partial charge in [-0.05, 0) is 24.8 Å². The summed E-state index contributed by atoms with van der Waals surface area (Å²) in [5.74, 6) is 0. The molecule has 0 fully saturated rings. The molecule has 1 unspecified atom stereocenters. The molecule has 0 saturated carbocycles. The molecular formula is C27H46N2O2. The minimum absolute atomic E-state index is 0.247. The molecule has 4 nitrogen and oxygen atoms in total. The van der Waals surface area contributed by atoms with Gasteiger partial charge in [0.2, 0.25) is 0 Å². The van der Waals surface area contributed by atoms with Crippen LogP contribution >= 0.6 is 0 Å². The van der Waals surface area contributed by atoms with Crippen molar-refractivity contribution in [2.45, 2.75) is 134 Å². The number of fused-ring (bicyclic) bond motifs is 1. The lowest BCUT2D eigenvalue weighted by Crippen LogP contribution is -2.34. The lowest BCUT2D eigenvalue weighted by atomic mass is 9.87. The summed E-state index contributed by atoms with van der Waals surface area (Å²) in [7, 11) is 0. The van der Waals surface area contributed by atoms with Crippen molar-refractivity contribution in [1.82, 2.24) is 0 Å². The van der Waals surface area contributed by atoms with Crippen LogP contribution in [0.4, 0.5) is 5.69 Å². The quantitative estimate of drug-likeness (QED) is 0.144. The maximum Gasteiger partial charge on any atom is 0.272 e. The highest BCUT2D eigenvalue weighted by Crippen LogP contribution is 2.42. The molecule has 1 aliphatic carbocycles. The summed E-state index contributed by atoms with van der Waals surface area (Å²) in [4.78, 5) is 11.0. The van der Waals surface area contributed by atoms with Crippen LogP contribution in [0.2, 0.25) is 0 Å². The minimum Gasteiger partial charge on any atom is -0.321 e. The van der Waals surface area contributed by atoms with Crippen LogP contribution in [0.1, 0.15) is 134 Å². The van der Waals surface area contributed by atoms with Gasteiger partial charge in [-0.15, -0.1) is 0 Å². The molecule has 0 heterocycles. The van der Waals surface area contributed by atoms with Gasteiger partial charge < -0.3 is 5.73 Å². The van der Waals surface area contributed by atoms with E-state index in [4.69, 9.17) is 5.73 Å². The Morgan fingerprint density at radius 1 is 0.839 bits per heavy atom. The fourth-order valence-corrected chi connectivity index (χ4v) is 5.21. The predicted molar refractivity (Wildman–Crippen MR) is 131 cm³/mol. The molecule has 1 aliphatic rings. The van der Waals surface area contributed by atoms with Gasteiger partial charge in [0.1, 0.15) is 0 Å². The van der Waals surface area contributed by atoms with E-state index < -0.39 is 0 Å². The van der Waals surface area contributed by atoms with Crippen molar-refractivity contribution in [2.75, 3.05) is 0 Å². The summed E-state index contributed by atoms with van der Waals surface area (Å²) < 4.78 is 0. The largest absolute Gasteiger partial charge is 0.321 e. The minimum atomic E-state index is -0.364. The van der Waals surface area contributed by atoms with E-state index >= 15 is 0 Å². The highest BCUT2D eigenvalue weighted by molar-refractivity contribution is 5.51. The maximum absolute atomic E-state index is 11.3. The van der Waals surface area contributed by atoms with Gasteiger partial charge >= 0.3 is 0 Å². The van der Waals surface area contributed by atoms with Crippen LogP contribution < -0.4 is 5.73 Å². The van der Waals surface area contributed by atoms with Gasteiger partial charge in [0.25, 0.3) is 5.69 Å². The number of benzene rings is 1. The second-order valence-electron chi connectivity index (χ2n) is 9.77. The second kappa shape index (κ2) is 14.6. The van der Waals surface area contributed by atoms with Crippen molar-refractivity contribution in [3.8, 4) is 0 Å². The molecule has 1 atom stereocenters. The number of nitro benzene ring substituents is 1. The van der Waals surface area contributed by atoms with E-state index in [1.54, 1.807) is 12.1 Å². The zero-order valence-electron chi connectivity index (χ0n) is 20.0. The van der Waals surface area contributed by atoms with E-state index in [1.165, 1.54) is 96.3 Å². The molecule has 0 aromatic heterocycles. The number of nitro groups is 1. The Hall–Kier alpha value is -1.42. The van der Waals surface area contributed by atoms with Gasteiger partial charge in [-0.3, -0.25) is 10.1 Å². The Balaban J connectivity index is 1.46. The second-order valence-corrected chi connectivity index (χ2v) is 9.77. The van der Waals surface area contributed by atoms with Crippen LogP contribution in [-0.4, -0.2) is 4.92 Å². The summed E-state index contributed by atoms with van der Waals surface area (Å²) in [6.07, 6.45) is 24.4. The average molecular weight is 431 g/mol. The van der Waals surface area contributed by atoms with Crippen LogP contribution in [0.25, 0.3) is 0 Å². The Kier molecular flexibility index (Phi) is 12.2. The third-order valence-electron chi connectivity index (χ3n) is 7.18. The Bertz CT molecular complexity index is 646. The maximum atomic E-state index is 11.3. The van der Waals surface area contributed by atoms with Crippen LogP contribution in [0.3, 0.4) is 0 Å². The van der Waals surface area contributed by atoms with Gasteiger partial charge in [-0.25, -0.2) is 0 Å². The third-order valence-corrected chi connectivity index (χ3v) is 7.18. The Labute approximate surface area is 190 Å². The van der Waals surface area contributed by atoms with Crippen LogP contribution in [0.5, 0.6) is 0 Å². The number of unbranched alkanes of at least 4 members (excludes halogenated alkanes) is 15. The fourth-order valence-electron chi connectivity index (χ4n) is 5.21. The summed E-state index contributed by atoms with van der Waals surface area (Å²) in [5, 5.41) is 11.3. The van der Waals surface area contributed by atoms with Crippen molar-refractivity contribution in [3.63, 3.8) is 0 Å². The van der Waals surface area contributed by atoms with E-state index in [-0.39, 0.29) is 16.1 Å². The lowest BCUT2D eigenvalue weighted by molar-refractivity contribution is -0.385. The number of hydrogen-bond donors (Lipinski definition) is 1. The van der Waals surface area contributed by atoms with E-state index in [1.807, 2.05) is 6.07 Å². The number of rotatable bonds is 18. The van der Waals surface area contributed by atoms with E-state index in [2.05, 4.69) is 6.92 Å². The number of nitrogens with zero attached hydrogens (tertiary/aromatic N) is 1. The first kappa shape index (κ1) is 25.8. The molecule has 1 aromatic rings. The molecule has 0 saturated heterocycles. The zero-order valence-corrected chi connectivity index (χ0v) is 20.0. The Morgan fingerprint density at radius 2 is 1.32 bits per heavy atom. The summed E-state index contributed by atoms with van der Waals surface area (Å²) in [6.45, 7) is 2.28. The topological polar surface area (TPSA) is 69.2 Å². The van der Waals surface area contributed by atoms with Crippen LogP contribution in [0, 0.1) is 10.1 Å². The molecule has 0 aliphatic heterocycles. The molecule has 31 heavy (non-hydrogen) atoms. The predicted octanol–water partition coefficient (Wildman–Crippen LogP) is 8.35. The third kappa shape index (κ3) is 8.92. The normalized spacial score (nSPS) is 17.7. The molecule has 0 radical (unpaired) electrons. The van der Waals surface area contributed by atoms with E-state index in [0.29, 0.717) is 0 Å². The monoisotopic (exact) mass is 430 g/mol. The van der Waals surface area contributed by atoms with Gasteiger partial charge in [0.15, 0.2) is 0 Å². The van der Waals surface area contributed by atoms with Gasteiger partial charge in [0.05, 0.1) is 4.92 Å². The van der Waals surface area contributed by atoms with Gasteiger partial charge in [-0.2, -0.15) is 0 Å². The smallest absolute Gasteiger partial charge is 0.272 e. The van der Waals surface area contributed by atoms with E-state index in [9.17, 15) is 10.1 Å². The molecule has 0 spiro atoms. The van der Waals surface area contributed by atoms with Crippen molar-refractivity contribution in [2.24, 2.45) is 5.73 Å². The van der Waals surface area contributed by atoms with Crippen molar-refractivity contribution < 1.29 is 4.92 Å². The van der Waals surface area contributed by atoms with Crippen molar-refractivity contribution in [3.05, 3.63) is 39.4 Å². The molecule has 1 aromatic carbocycles. The zero-order chi connectivity index (χ0) is 22.4. The molecule has 2 N–H and O–H groups in total. The van der Waals surface area contributed by atoms with E-state index in [0.717, 1.165) is 36.8 Å². The summed E-state index contributed by atoms with van der Waals surface area (Å²) in [6, 6.07) is 5.40. The highest BCUT2D eigenvalue weighted by atomic mass is 16.6. The van der Waals surface area contributed by atoms with Gasteiger partial charge in [0, 0.05) is 17.2 Å². The standard InChI is InChI=1S/C27H46N2O2/c1-2-3-4-5-6-7-8-9-10-11-12-13-14-15-16-17-22-27(28)23-21-24-25(27)19-18-20-26(24)29(30)31/h18-20H,2-17,21-23,28H2,1H3. The number of nitrogens with two attached hydrogens (primary N) is 1. The van der Waals surface area contributed by atoms with Gasteiger partial charge in [-0.1, -0.05) is 122 Å². The Morgan fingerprint density at radius 3 is 1.81 bits per heavy atom. The first-order chi connectivity index (χ1) is 15.1. The molecule has 176 valence electrons. The SMILES string of the molecule is CCCCCCCCCCCCCCCCCCC1(N)CCc2c([N+](=O)[O-])cccc21. The fraction of sp³-hybridized carbons (Fsp3) is 0.778. The molecular weight excluding hydrogens is 384 g/mol. The van der Waals surface area contributed by atoms with Crippen LogP contribution in [0.15, 0.2) is 18.2 Å². The molecule has 0 amide bonds. The summed E-state index contributed by atoms with van der Waals surface area (Å²) in [5.41, 5.74) is 8.44. The number of hydrogen-bond acceptors (Lipinski definition) is 3. The highest BCUT2D eigenvalue weighted by Gasteiger charge is 2.37. The molecule has 0 bridgehead atoms. The van der Waals surface area contributed by atoms with Crippen molar-refractivity contribution >= 4 is 5.69 Å². The molecule has 4 heteroatoms. The molecule has 2 rings (SSSR count).